The van der Waals surface area contributed by atoms with E-state index in [0.717, 1.165) is 37.8 Å². The SMILES string of the molecule is CN=C(NCc1ccon1)N1CCN(c2ccccc2)CC1.I. The van der Waals surface area contributed by atoms with Gasteiger partial charge in [-0.15, -0.1) is 24.0 Å². The molecule has 23 heavy (non-hydrogen) atoms. The van der Waals surface area contributed by atoms with E-state index in [0.29, 0.717) is 6.54 Å². The van der Waals surface area contributed by atoms with Gasteiger partial charge in [0.15, 0.2) is 5.96 Å². The lowest BCUT2D eigenvalue weighted by atomic mass is 10.2. The van der Waals surface area contributed by atoms with E-state index in [1.807, 2.05) is 13.1 Å². The van der Waals surface area contributed by atoms with Crippen molar-refractivity contribution in [3.8, 4) is 0 Å². The molecule has 2 heterocycles. The van der Waals surface area contributed by atoms with E-state index in [-0.39, 0.29) is 24.0 Å². The number of aromatic nitrogens is 1. The van der Waals surface area contributed by atoms with Crippen LogP contribution in [-0.4, -0.2) is 49.2 Å². The number of anilines is 1. The Hall–Kier alpha value is -1.77. The molecule has 6 nitrogen and oxygen atoms in total. The molecule has 3 rings (SSSR count). The minimum Gasteiger partial charge on any atom is -0.368 e. The molecule has 0 saturated carbocycles. The summed E-state index contributed by atoms with van der Waals surface area (Å²) >= 11 is 0. The monoisotopic (exact) mass is 427 g/mol. The Morgan fingerprint density at radius 2 is 1.91 bits per heavy atom. The van der Waals surface area contributed by atoms with Gasteiger partial charge in [-0.3, -0.25) is 4.99 Å². The highest BCUT2D eigenvalue weighted by atomic mass is 127. The number of halogens is 1. The zero-order chi connectivity index (χ0) is 15.2. The zero-order valence-electron chi connectivity index (χ0n) is 13.2. The summed E-state index contributed by atoms with van der Waals surface area (Å²) in [6, 6.07) is 12.4. The predicted octanol–water partition coefficient (Wildman–Crippen LogP) is 2.19. The van der Waals surface area contributed by atoms with Crippen molar-refractivity contribution in [1.29, 1.82) is 0 Å². The number of piperazine rings is 1. The van der Waals surface area contributed by atoms with Gasteiger partial charge in [0.2, 0.25) is 0 Å². The minimum atomic E-state index is 0. The van der Waals surface area contributed by atoms with Crippen molar-refractivity contribution in [3.05, 3.63) is 48.4 Å². The maximum Gasteiger partial charge on any atom is 0.194 e. The molecule has 7 heteroatoms. The fourth-order valence-corrected chi connectivity index (χ4v) is 2.65. The number of aliphatic imine (C=N–C) groups is 1. The smallest absolute Gasteiger partial charge is 0.194 e. The van der Waals surface area contributed by atoms with Gasteiger partial charge in [-0.25, -0.2) is 0 Å². The predicted molar refractivity (Wildman–Crippen MR) is 102 cm³/mol. The quantitative estimate of drug-likeness (QED) is 0.463. The molecule has 0 atom stereocenters. The molecule has 1 saturated heterocycles. The molecule has 0 unspecified atom stereocenters. The second-order valence-electron chi connectivity index (χ2n) is 5.20. The third kappa shape index (κ3) is 4.60. The van der Waals surface area contributed by atoms with Crippen LogP contribution in [0.1, 0.15) is 5.69 Å². The number of nitrogens with zero attached hydrogens (tertiary/aromatic N) is 4. The number of rotatable bonds is 3. The van der Waals surface area contributed by atoms with Crippen molar-refractivity contribution < 1.29 is 4.52 Å². The second-order valence-corrected chi connectivity index (χ2v) is 5.20. The van der Waals surface area contributed by atoms with Crippen molar-refractivity contribution in [2.24, 2.45) is 4.99 Å². The highest BCUT2D eigenvalue weighted by molar-refractivity contribution is 14.0. The number of nitrogens with one attached hydrogen (secondary N) is 1. The van der Waals surface area contributed by atoms with Gasteiger partial charge in [0.1, 0.15) is 12.0 Å². The van der Waals surface area contributed by atoms with E-state index in [1.54, 1.807) is 6.26 Å². The molecule has 0 bridgehead atoms. The molecule has 0 aliphatic carbocycles. The first-order valence-electron chi connectivity index (χ1n) is 7.51. The van der Waals surface area contributed by atoms with Crippen LogP contribution in [0.3, 0.4) is 0 Å². The lowest BCUT2D eigenvalue weighted by Crippen LogP contribution is -2.52. The molecule has 1 aliphatic heterocycles. The zero-order valence-corrected chi connectivity index (χ0v) is 15.5. The number of para-hydroxylation sites is 1. The van der Waals surface area contributed by atoms with Crippen LogP contribution < -0.4 is 10.2 Å². The molecular weight excluding hydrogens is 405 g/mol. The second kappa shape index (κ2) is 8.76. The lowest BCUT2D eigenvalue weighted by molar-refractivity contribution is 0.370. The van der Waals surface area contributed by atoms with Crippen molar-refractivity contribution in [2.75, 3.05) is 38.1 Å². The lowest BCUT2D eigenvalue weighted by Gasteiger charge is -2.37. The van der Waals surface area contributed by atoms with Crippen LogP contribution >= 0.6 is 24.0 Å². The average Bonchev–Trinajstić information content (AvgIpc) is 3.10. The molecule has 1 aliphatic rings. The summed E-state index contributed by atoms with van der Waals surface area (Å²) in [6.07, 6.45) is 1.58. The van der Waals surface area contributed by atoms with Crippen LogP contribution in [0, 0.1) is 0 Å². The molecule has 0 amide bonds. The molecule has 1 fully saturated rings. The fraction of sp³-hybridized carbons (Fsp3) is 0.375. The van der Waals surface area contributed by atoms with Gasteiger partial charge in [-0.1, -0.05) is 23.4 Å². The summed E-state index contributed by atoms with van der Waals surface area (Å²) in [7, 11) is 1.81. The Bertz CT molecular complexity index is 594. The Morgan fingerprint density at radius 3 is 2.52 bits per heavy atom. The van der Waals surface area contributed by atoms with E-state index in [2.05, 4.69) is 55.6 Å². The normalized spacial score (nSPS) is 15.3. The summed E-state index contributed by atoms with van der Waals surface area (Å²) in [6.45, 7) is 4.52. The molecule has 1 aromatic carbocycles. The van der Waals surface area contributed by atoms with Gasteiger partial charge < -0.3 is 19.6 Å². The molecule has 1 N–H and O–H groups in total. The van der Waals surface area contributed by atoms with Crippen LogP contribution in [0.4, 0.5) is 5.69 Å². The van der Waals surface area contributed by atoms with E-state index in [4.69, 9.17) is 4.52 Å². The first-order valence-corrected chi connectivity index (χ1v) is 7.51. The van der Waals surface area contributed by atoms with E-state index < -0.39 is 0 Å². The molecule has 0 radical (unpaired) electrons. The van der Waals surface area contributed by atoms with Crippen molar-refractivity contribution in [3.63, 3.8) is 0 Å². The van der Waals surface area contributed by atoms with Crippen LogP contribution in [0.5, 0.6) is 0 Å². The molecular formula is C16H22IN5O. The van der Waals surface area contributed by atoms with Crippen LogP contribution in [-0.2, 0) is 6.54 Å². The number of guanidine groups is 1. The van der Waals surface area contributed by atoms with E-state index >= 15 is 0 Å². The van der Waals surface area contributed by atoms with Crippen LogP contribution in [0.2, 0.25) is 0 Å². The summed E-state index contributed by atoms with van der Waals surface area (Å²) in [4.78, 5) is 9.04. The first-order chi connectivity index (χ1) is 10.9. The Balaban J connectivity index is 0.00000192. The van der Waals surface area contributed by atoms with Crippen LogP contribution in [0.25, 0.3) is 0 Å². The summed E-state index contributed by atoms with van der Waals surface area (Å²) in [5, 5.41) is 7.23. The molecule has 1 aromatic heterocycles. The van der Waals surface area contributed by atoms with Gasteiger partial charge in [-0.05, 0) is 12.1 Å². The van der Waals surface area contributed by atoms with E-state index in [9.17, 15) is 0 Å². The minimum absolute atomic E-state index is 0. The van der Waals surface area contributed by atoms with Crippen molar-refractivity contribution in [2.45, 2.75) is 6.54 Å². The van der Waals surface area contributed by atoms with Gasteiger partial charge in [-0.2, -0.15) is 0 Å². The summed E-state index contributed by atoms with van der Waals surface area (Å²) in [5.41, 5.74) is 2.16. The number of hydrogen-bond donors (Lipinski definition) is 1. The Morgan fingerprint density at radius 1 is 1.17 bits per heavy atom. The summed E-state index contributed by atoms with van der Waals surface area (Å²) < 4.78 is 4.84. The van der Waals surface area contributed by atoms with Gasteiger partial charge >= 0.3 is 0 Å². The third-order valence-electron chi connectivity index (χ3n) is 3.83. The van der Waals surface area contributed by atoms with Gasteiger partial charge in [0.25, 0.3) is 0 Å². The largest absolute Gasteiger partial charge is 0.368 e. The number of benzene rings is 1. The number of hydrogen-bond acceptors (Lipinski definition) is 4. The summed E-state index contributed by atoms with van der Waals surface area (Å²) in [5.74, 6) is 0.913. The highest BCUT2D eigenvalue weighted by Gasteiger charge is 2.19. The van der Waals surface area contributed by atoms with Gasteiger partial charge in [0.05, 0.1) is 6.54 Å². The van der Waals surface area contributed by atoms with Crippen molar-refractivity contribution in [1.82, 2.24) is 15.4 Å². The van der Waals surface area contributed by atoms with Crippen LogP contribution in [0.15, 0.2) is 52.2 Å². The molecule has 124 valence electrons. The first kappa shape index (κ1) is 17.6. The average molecular weight is 427 g/mol. The standard InChI is InChI=1S/C16H21N5O.HI/c1-17-16(18-13-14-7-12-22-19-14)21-10-8-20(9-11-21)15-5-3-2-4-6-15;/h2-7,12H,8-11,13H2,1H3,(H,17,18);1H. The Labute approximate surface area is 153 Å². The molecule has 2 aromatic rings. The molecule has 0 spiro atoms. The van der Waals surface area contributed by atoms with E-state index in [1.165, 1.54) is 5.69 Å². The maximum atomic E-state index is 4.84. The topological polar surface area (TPSA) is 56.9 Å². The maximum absolute atomic E-state index is 4.84. The third-order valence-corrected chi connectivity index (χ3v) is 3.83. The van der Waals surface area contributed by atoms with Gasteiger partial charge in [0, 0.05) is 45.0 Å². The van der Waals surface area contributed by atoms with Crippen molar-refractivity contribution >= 4 is 35.6 Å². The highest BCUT2D eigenvalue weighted by Crippen LogP contribution is 2.15. The fourth-order valence-electron chi connectivity index (χ4n) is 2.65. The Kier molecular flexibility index (Phi) is 6.69.